The van der Waals surface area contributed by atoms with Crippen molar-refractivity contribution in [2.75, 3.05) is 18.7 Å². The number of anilines is 1. The molecule has 5 nitrogen and oxygen atoms in total. The van der Waals surface area contributed by atoms with Crippen LogP contribution in [0.25, 0.3) is 0 Å². The summed E-state index contributed by atoms with van der Waals surface area (Å²) >= 11 is 0. The zero-order valence-electron chi connectivity index (χ0n) is 12.4. The molecule has 22 heavy (non-hydrogen) atoms. The Morgan fingerprint density at radius 1 is 1.41 bits per heavy atom. The highest BCUT2D eigenvalue weighted by Gasteiger charge is 2.43. The van der Waals surface area contributed by atoms with Crippen molar-refractivity contribution in [3.63, 3.8) is 0 Å². The maximum Gasteiger partial charge on any atom is 0.407 e. The highest BCUT2D eigenvalue weighted by molar-refractivity contribution is 6.02. The van der Waals surface area contributed by atoms with Crippen molar-refractivity contribution in [1.29, 1.82) is 0 Å². The van der Waals surface area contributed by atoms with Crippen molar-refractivity contribution in [2.24, 2.45) is 5.73 Å². The lowest BCUT2D eigenvalue weighted by Crippen LogP contribution is -2.53. The molecule has 1 heterocycles. The molecule has 2 N–H and O–H groups in total. The number of hydrogen-bond donors (Lipinski definition) is 1. The molecule has 0 spiro atoms. The predicted molar refractivity (Wildman–Crippen MR) is 73.5 cm³/mol. The van der Waals surface area contributed by atoms with E-state index in [2.05, 4.69) is 0 Å². The van der Waals surface area contributed by atoms with Gasteiger partial charge in [-0.05, 0) is 31.5 Å². The van der Waals surface area contributed by atoms with Gasteiger partial charge in [-0.25, -0.2) is 0 Å². The van der Waals surface area contributed by atoms with Gasteiger partial charge in [0.2, 0.25) is 0 Å². The van der Waals surface area contributed by atoms with Crippen molar-refractivity contribution < 1.29 is 27.4 Å². The average Bonchev–Trinajstić information content (AvgIpc) is 2.41. The number of hydrogen-bond acceptors (Lipinski definition) is 4. The lowest BCUT2D eigenvalue weighted by molar-refractivity contribution is -0.149. The molecule has 8 heteroatoms. The third-order valence-electron chi connectivity index (χ3n) is 3.37. The minimum absolute atomic E-state index is 0.0939. The van der Waals surface area contributed by atoms with Gasteiger partial charge in [0.1, 0.15) is 18.5 Å². The van der Waals surface area contributed by atoms with E-state index in [4.69, 9.17) is 15.2 Å². The molecule has 0 saturated carbocycles. The summed E-state index contributed by atoms with van der Waals surface area (Å²) in [7, 11) is 1.39. The molecule has 1 aliphatic heterocycles. The second-order valence-corrected chi connectivity index (χ2v) is 5.51. The zero-order chi connectivity index (χ0) is 16.7. The number of carbonyl (C=O) groups is 1. The summed E-state index contributed by atoms with van der Waals surface area (Å²) in [6.45, 7) is 3.07. The summed E-state index contributed by atoms with van der Waals surface area (Å²) in [6, 6.07) is 1.70. The first-order valence-electron chi connectivity index (χ1n) is 6.54. The van der Waals surface area contributed by atoms with Gasteiger partial charge in [-0.15, -0.1) is 0 Å². The molecule has 1 atom stereocenters. The Balaban J connectivity index is 2.49. The number of ether oxygens (including phenoxy) is 2. The second kappa shape index (κ2) is 5.44. The van der Waals surface area contributed by atoms with E-state index in [-0.39, 0.29) is 18.0 Å². The number of fused-ring (bicyclic) bond motifs is 1. The van der Waals surface area contributed by atoms with Gasteiger partial charge in [0.25, 0.3) is 5.91 Å². The van der Waals surface area contributed by atoms with Gasteiger partial charge in [0.15, 0.2) is 5.60 Å². The highest BCUT2D eigenvalue weighted by atomic mass is 19.4. The van der Waals surface area contributed by atoms with Crippen LogP contribution < -0.4 is 15.4 Å². The van der Waals surface area contributed by atoms with Gasteiger partial charge in [-0.2, -0.15) is 13.2 Å². The van der Waals surface area contributed by atoms with Crippen LogP contribution in [0, 0.1) is 0 Å². The van der Waals surface area contributed by atoms with Gasteiger partial charge < -0.3 is 15.2 Å². The van der Waals surface area contributed by atoms with E-state index in [0.717, 1.165) is 0 Å². The van der Waals surface area contributed by atoms with Crippen LogP contribution in [-0.2, 0) is 9.53 Å². The van der Waals surface area contributed by atoms with E-state index < -0.39 is 23.7 Å². The SMILES string of the molecule is COCN1C(=O)C(C)(C)Oc2ccc(C(N)C(F)(F)F)cc21. The van der Waals surface area contributed by atoms with E-state index >= 15 is 0 Å². The fourth-order valence-corrected chi connectivity index (χ4v) is 2.22. The van der Waals surface area contributed by atoms with Crippen molar-refractivity contribution in [3.8, 4) is 5.75 Å². The summed E-state index contributed by atoms with van der Waals surface area (Å²) < 4.78 is 48.8. The number of benzene rings is 1. The first-order chi connectivity index (χ1) is 10.1. The van der Waals surface area contributed by atoms with Gasteiger partial charge >= 0.3 is 6.18 Å². The number of carbonyl (C=O) groups excluding carboxylic acids is 1. The van der Waals surface area contributed by atoms with Gasteiger partial charge in [0.05, 0.1) is 5.69 Å². The van der Waals surface area contributed by atoms with Crippen LogP contribution >= 0.6 is 0 Å². The third kappa shape index (κ3) is 2.89. The number of methoxy groups -OCH3 is 1. The van der Waals surface area contributed by atoms with Crippen molar-refractivity contribution in [1.82, 2.24) is 0 Å². The Labute approximate surface area is 125 Å². The monoisotopic (exact) mass is 318 g/mol. The first kappa shape index (κ1) is 16.6. The Kier molecular flexibility index (Phi) is 4.09. The fraction of sp³-hybridized carbons (Fsp3) is 0.500. The second-order valence-electron chi connectivity index (χ2n) is 5.51. The molecule has 1 aromatic rings. The molecular formula is C14H17F3N2O3. The summed E-state index contributed by atoms with van der Waals surface area (Å²) in [5, 5.41) is 0. The minimum atomic E-state index is -4.57. The van der Waals surface area contributed by atoms with Gasteiger partial charge in [0, 0.05) is 7.11 Å². The molecule has 0 aliphatic carbocycles. The van der Waals surface area contributed by atoms with E-state index in [1.807, 2.05) is 0 Å². The molecule has 0 aromatic heterocycles. The van der Waals surface area contributed by atoms with E-state index in [1.165, 1.54) is 30.2 Å². The number of rotatable bonds is 3. The summed E-state index contributed by atoms with van der Waals surface area (Å²) in [5.74, 6) is -0.0978. The Hall–Kier alpha value is -1.80. The summed E-state index contributed by atoms with van der Waals surface area (Å²) in [6.07, 6.45) is -4.57. The normalized spacial score (nSPS) is 18.7. The fourth-order valence-electron chi connectivity index (χ4n) is 2.22. The van der Waals surface area contributed by atoms with E-state index in [1.54, 1.807) is 13.8 Å². The number of nitrogens with two attached hydrogens (primary N) is 1. The third-order valence-corrected chi connectivity index (χ3v) is 3.37. The minimum Gasteiger partial charge on any atom is -0.476 e. The predicted octanol–water partition coefficient (Wildman–Crippen LogP) is 2.36. The molecule has 0 radical (unpaired) electrons. The molecule has 2 rings (SSSR count). The lowest BCUT2D eigenvalue weighted by atomic mass is 10.0. The topological polar surface area (TPSA) is 64.8 Å². The van der Waals surface area contributed by atoms with Crippen LogP contribution in [0.1, 0.15) is 25.5 Å². The smallest absolute Gasteiger partial charge is 0.407 e. The van der Waals surface area contributed by atoms with Crippen LogP contribution in [0.2, 0.25) is 0 Å². The van der Waals surface area contributed by atoms with Crippen LogP contribution in [-0.4, -0.2) is 31.5 Å². The molecule has 1 amide bonds. The molecule has 1 aromatic carbocycles. The van der Waals surface area contributed by atoms with Gasteiger partial charge in [-0.3, -0.25) is 9.69 Å². The zero-order valence-corrected chi connectivity index (χ0v) is 12.4. The standard InChI is InChI=1S/C14H17F3N2O3/c1-13(2)12(20)19(7-21-3)9-6-8(4-5-10(9)22-13)11(18)14(15,16)17/h4-6,11H,7,18H2,1-3H3. The Morgan fingerprint density at radius 3 is 2.59 bits per heavy atom. The van der Waals surface area contributed by atoms with Crippen LogP contribution in [0.5, 0.6) is 5.75 Å². The first-order valence-corrected chi connectivity index (χ1v) is 6.54. The molecule has 0 fully saturated rings. The van der Waals surface area contributed by atoms with Crippen LogP contribution in [0.3, 0.4) is 0 Å². The molecule has 1 unspecified atom stereocenters. The molecule has 122 valence electrons. The molecule has 1 aliphatic rings. The van der Waals surface area contributed by atoms with Crippen LogP contribution in [0.4, 0.5) is 18.9 Å². The maximum absolute atomic E-state index is 12.8. The average molecular weight is 318 g/mol. The quantitative estimate of drug-likeness (QED) is 0.929. The van der Waals surface area contributed by atoms with E-state index in [9.17, 15) is 18.0 Å². The molecular weight excluding hydrogens is 301 g/mol. The number of alkyl halides is 3. The highest BCUT2D eigenvalue weighted by Crippen LogP contribution is 2.41. The molecule has 0 bridgehead atoms. The summed E-state index contributed by atoms with van der Waals surface area (Å²) in [5.41, 5.74) is 4.15. The molecule has 0 saturated heterocycles. The number of halogens is 3. The van der Waals surface area contributed by atoms with Crippen molar-refractivity contribution >= 4 is 11.6 Å². The lowest BCUT2D eigenvalue weighted by Gasteiger charge is -2.38. The van der Waals surface area contributed by atoms with Crippen LogP contribution in [0.15, 0.2) is 18.2 Å². The Bertz CT molecular complexity index is 587. The maximum atomic E-state index is 12.8. The summed E-state index contributed by atoms with van der Waals surface area (Å²) in [4.78, 5) is 13.6. The Morgan fingerprint density at radius 2 is 2.05 bits per heavy atom. The number of nitrogens with zero attached hydrogens (tertiary/aromatic N) is 1. The largest absolute Gasteiger partial charge is 0.476 e. The van der Waals surface area contributed by atoms with Crippen molar-refractivity contribution in [3.05, 3.63) is 23.8 Å². The van der Waals surface area contributed by atoms with Gasteiger partial charge in [-0.1, -0.05) is 6.07 Å². The van der Waals surface area contributed by atoms with Crippen molar-refractivity contribution in [2.45, 2.75) is 31.7 Å². The number of amides is 1. The van der Waals surface area contributed by atoms with E-state index in [0.29, 0.717) is 5.75 Å².